The van der Waals surface area contributed by atoms with Crippen LogP contribution in [0.2, 0.25) is 0 Å². The van der Waals surface area contributed by atoms with Crippen molar-refractivity contribution in [1.82, 2.24) is 19.0 Å². The third kappa shape index (κ3) is 4.26. The lowest BCUT2D eigenvalue weighted by Crippen LogP contribution is -2.39. The highest BCUT2D eigenvalue weighted by Crippen LogP contribution is 2.24. The SMILES string of the molecule is COC1=NN(c2ccc(CNC(=O)c3c(C(F)F)nc4ccccn34)cc2)CCN1S. The number of carbonyl (C=O) groups excluding carboxylic acids is 1. The number of carbonyl (C=O) groups is 1. The van der Waals surface area contributed by atoms with E-state index in [1.54, 1.807) is 27.5 Å². The molecule has 11 heteroatoms. The summed E-state index contributed by atoms with van der Waals surface area (Å²) >= 11 is 4.28. The van der Waals surface area contributed by atoms with Crippen LogP contribution in [-0.2, 0) is 11.3 Å². The van der Waals surface area contributed by atoms with E-state index in [-0.39, 0.29) is 12.2 Å². The monoisotopic (exact) mass is 446 g/mol. The van der Waals surface area contributed by atoms with Gasteiger partial charge >= 0.3 is 6.02 Å². The summed E-state index contributed by atoms with van der Waals surface area (Å²) < 4.78 is 35.0. The first-order valence-electron chi connectivity index (χ1n) is 9.46. The second-order valence-electron chi connectivity index (χ2n) is 6.76. The number of pyridine rings is 1. The number of hydrazone groups is 1. The number of hydrogen-bond acceptors (Lipinski definition) is 7. The van der Waals surface area contributed by atoms with Gasteiger partial charge in [0.05, 0.1) is 25.9 Å². The van der Waals surface area contributed by atoms with Crippen LogP contribution in [0.5, 0.6) is 0 Å². The smallest absolute Gasteiger partial charge is 0.319 e. The van der Waals surface area contributed by atoms with Crippen molar-refractivity contribution in [2.24, 2.45) is 5.10 Å². The summed E-state index contributed by atoms with van der Waals surface area (Å²) in [6.07, 6.45) is -1.31. The van der Waals surface area contributed by atoms with Gasteiger partial charge in [-0.05, 0) is 29.8 Å². The Kier molecular flexibility index (Phi) is 5.94. The molecule has 1 N–H and O–H groups in total. The maximum atomic E-state index is 13.4. The standard InChI is InChI=1S/C20H20F2N6O2S/c1-30-20-25-27(10-11-28(20)31)14-7-5-13(6-8-14)12-23-19(29)17-16(18(21)22)24-15-4-2-3-9-26(15)17/h2-9,18,31H,10-12H2,1H3,(H,23,29). The Morgan fingerprint density at radius 3 is 2.71 bits per heavy atom. The molecular weight excluding hydrogens is 426 g/mol. The summed E-state index contributed by atoms with van der Waals surface area (Å²) in [7, 11) is 1.53. The van der Waals surface area contributed by atoms with Crippen LogP contribution >= 0.6 is 12.8 Å². The molecule has 8 nitrogen and oxygen atoms in total. The predicted octanol–water partition coefficient (Wildman–Crippen LogP) is 3.09. The quantitative estimate of drug-likeness (QED) is 0.590. The van der Waals surface area contributed by atoms with Crippen LogP contribution in [0.4, 0.5) is 14.5 Å². The number of nitrogens with one attached hydrogen (secondary N) is 1. The number of aromatic nitrogens is 2. The van der Waals surface area contributed by atoms with Crippen LogP contribution in [0.25, 0.3) is 5.65 Å². The average molecular weight is 446 g/mol. The van der Waals surface area contributed by atoms with Gasteiger partial charge in [-0.1, -0.05) is 31.0 Å². The number of rotatable bonds is 5. The number of alkyl halides is 2. The minimum Gasteiger partial charge on any atom is -0.467 e. The van der Waals surface area contributed by atoms with E-state index in [1.165, 1.54) is 17.7 Å². The molecule has 3 aromatic rings. The molecule has 0 bridgehead atoms. The summed E-state index contributed by atoms with van der Waals surface area (Å²) in [5.41, 5.74) is 1.27. The van der Waals surface area contributed by atoms with Gasteiger partial charge in [-0.15, -0.1) is 5.10 Å². The van der Waals surface area contributed by atoms with Crippen molar-refractivity contribution in [3.05, 3.63) is 65.6 Å². The lowest BCUT2D eigenvalue weighted by molar-refractivity contribution is 0.0929. The summed E-state index contributed by atoms with van der Waals surface area (Å²) in [6, 6.07) is 12.7. The zero-order valence-corrected chi connectivity index (χ0v) is 17.5. The van der Waals surface area contributed by atoms with Gasteiger partial charge in [0.1, 0.15) is 17.0 Å². The number of ether oxygens (including phenoxy) is 1. The molecule has 0 saturated heterocycles. The Morgan fingerprint density at radius 2 is 2.00 bits per heavy atom. The zero-order valence-electron chi connectivity index (χ0n) is 16.6. The number of benzene rings is 1. The molecule has 0 spiro atoms. The van der Waals surface area contributed by atoms with E-state index in [4.69, 9.17) is 4.74 Å². The van der Waals surface area contributed by atoms with E-state index in [1.807, 2.05) is 24.3 Å². The van der Waals surface area contributed by atoms with Crippen LogP contribution in [-0.4, -0.2) is 45.8 Å². The van der Waals surface area contributed by atoms with Crippen LogP contribution in [0.3, 0.4) is 0 Å². The van der Waals surface area contributed by atoms with Crippen molar-refractivity contribution < 1.29 is 18.3 Å². The van der Waals surface area contributed by atoms with Gasteiger partial charge in [-0.3, -0.25) is 18.5 Å². The van der Waals surface area contributed by atoms with Gasteiger partial charge in [0.2, 0.25) is 0 Å². The summed E-state index contributed by atoms with van der Waals surface area (Å²) in [5, 5.41) is 8.86. The third-order valence-electron chi connectivity index (χ3n) is 4.80. The number of anilines is 1. The first-order valence-corrected chi connectivity index (χ1v) is 9.86. The highest BCUT2D eigenvalue weighted by molar-refractivity contribution is 7.78. The number of nitrogens with zero attached hydrogens (tertiary/aromatic N) is 5. The lowest BCUT2D eigenvalue weighted by Gasteiger charge is -2.29. The number of thiol groups is 1. The molecule has 0 unspecified atom stereocenters. The lowest BCUT2D eigenvalue weighted by atomic mass is 10.2. The topological polar surface area (TPSA) is 74.5 Å². The minimum atomic E-state index is -2.85. The number of methoxy groups -OCH3 is 1. The van der Waals surface area contributed by atoms with Gasteiger partial charge in [0.15, 0.2) is 0 Å². The fourth-order valence-electron chi connectivity index (χ4n) is 3.27. The Hall–Kier alpha value is -3.34. The fraction of sp³-hybridized carbons (Fsp3) is 0.250. The van der Waals surface area contributed by atoms with E-state index in [9.17, 15) is 13.6 Å². The average Bonchev–Trinajstić information content (AvgIpc) is 3.18. The summed E-state index contributed by atoms with van der Waals surface area (Å²) in [4.78, 5) is 16.6. The van der Waals surface area contributed by atoms with Crippen molar-refractivity contribution >= 4 is 36.1 Å². The van der Waals surface area contributed by atoms with Gasteiger partial charge < -0.3 is 10.1 Å². The van der Waals surface area contributed by atoms with Gasteiger partial charge in [0.25, 0.3) is 12.3 Å². The van der Waals surface area contributed by atoms with Crippen molar-refractivity contribution in [2.45, 2.75) is 13.0 Å². The minimum absolute atomic E-state index is 0.159. The molecule has 1 aliphatic rings. The van der Waals surface area contributed by atoms with Crippen molar-refractivity contribution in [3.63, 3.8) is 0 Å². The Labute approximate surface area is 182 Å². The third-order valence-corrected chi connectivity index (χ3v) is 5.17. The highest BCUT2D eigenvalue weighted by Gasteiger charge is 2.25. The molecule has 3 heterocycles. The number of hydrogen-bond donors (Lipinski definition) is 2. The number of amidine groups is 1. The Balaban J connectivity index is 1.47. The molecular formula is C20H20F2N6O2S. The van der Waals surface area contributed by atoms with E-state index in [2.05, 4.69) is 28.2 Å². The second kappa shape index (κ2) is 8.80. The number of fused-ring (bicyclic) bond motifs is 1. The first kappa shape index (κ1) is 20.9. The summed E-state index contributed by atoms with van der Waals surface area (Å²) in [5.74, 6) is -0.614. The second-order valence-corrected chi connectivity index (χ2v) is 7.24. The number of amides is 1. The van der Waals surface area contributed by atoms with Crippen molar-refractivity contribution in [1.29, 1.82) is 0 Å². The maximum Gasteiger partial charge on any atom is 0.319 e. The highest BCUT2D eigenvalue weighted by atomic mass is 32.1. The van der Waals surface area contributed by atoms with E-state index in [0.29, 0.717) is 24.8 Å². The molecule has 0 radical (unpaired) electrons. The Bertz CT molecular complexity index is 1120. The van der Waals surface area contributed by atoms with Crippen LogP contribution < -0.4 is 10.3 Å². The predicted molar refractivity (Wildman–Crippen MR) is 115 cm³/mol. The van der Waals surface area contributed by atoms with Gasteiger partial charge in [-0.25, -0.2) is 13.8 Å². The fourth-order valence-corrected chi connectivity index (χ4v) is 3.48. The summed E-state index contributed by atoms with van der Waals surface area (Å²) in [6.45, 7) is 1.45. The molecule has 1 aromatic carbocycles. The molecule has 0 fully saturated rings. The molecule has 162 valence electrons. The van der Waals surface area contributed by atoms with Crippen molar-refractivity contribution in [3.8, 4) is 0 Å². The largest absolute Gasteiger partial charge is 0.467 e. The van der Waals surface area contributed by atoms with E-state index >= 15 is 0 Å². The molecule has 4 rings (SSSR count). The van der Waals surface area contributed by atoms with Gasteiger partial charge in [-0.2, -0.15) is 0 Å². The maximum absolute atomic E-state index is 13.4. The molecule has 2 aromatic heterocycles. The van der Waals surface area contributed by atoms with Crippen LogP contribution in [0, 0.1) is 0 Å². The van der Waals surface area contributed by atoms with E-state index in [0.717, 1.165) is 11.3 Å². The van der Waals surface area contributed by atoms with Crippen LogP contribution in [0.15, 0.2) is 53.8 Å². The molecule has 0 aliphatic carbocycles. The van der Waals surface area contributed by atoms with Gasteiger partial charge in [0, 0.05) is 12.7 Å². The molecule has 1 aliphatic heterocycles. The van der Waals surface area contributed by atoms with E-state index < -0.39 is 18.0 Å². The van der Waals surface area contributed by atoms with Crippen molar-refractivity contribution in [2.75, 3.05) is 25.2 Å². The normalized spacial score (nSPS) is 14.2. The number of imidazole rings is 1. The molecule has 1 amide bonds. The Morgan fingerprint density at radius 1 is 1.23 bits per heavy atom. The zero-order chi connectivity index (χ0) is 22.0. The molecule has 0 saturated carbocycles. The molecule has 0 atom stereocenters. The van der Waals surface area contributed by atoms with Crippen LogP contribution in [0.1, 0.15) is 28.2 Å². The first-order chi connectivity index (χ1) is 15.0. The number of halogens is 2. The molecule has 31 heavy (non-hydrogen) atoms.